The number of hydrogen-bond donors (Lipinski definition) is 2. The quantitative estimate of drug-likeness (QED) is 0.199. The fourth-order valence-electron chi connectivity index (χ4n) is 4.58. The van der Waals surface area contributed by atoms with Crippen LogP contribution in [0.5, 0.6) is 0 Å². The van der Waals surface area contributed by atoms with E-state index in [1.54, 1.807) is 10.9 Å². The molecule has 1 saturated heterocycles. The van der Waals surface area contributed by atoms with Gasteiger partial charge in [0.1, 0.15) is 18.3 Å². The summed E-state index contributed by atoms with van der Waals surface area (Å²) in [5.41, 5.74) is 6.15. The highest BCUT2D eigenvalue weighted by Crippen LogP contribution is 2.48. The van der Waals surface area contributed by atoms with Gasteiger partial charge in [-0.3, -0.25) is 14.3 Å². The Morgan fingerprint density at radius 3 is 1.93 bits per heavy atom. The van der Waals surface area contributed by atoms with E-state index in [1.807, 2.05) is 6.08 Å². The smallest absolute Gasteiger partial charge is 0.280 e. The van der Waals surface area contributed by atoms with Crippen LogP contribution in [0.25, 0.3) is 11.2 Å². The third kappa shape index (κ3) is 7.34. The molecule has 10 nitrogen and oxygen atoms in total. The Morgan fingerprint density at radius 1 is 0.955 bits per heavy atom. The van der Waals surface area contributed by atoms with Crippen LogP contribution in [0.3, 0.4) is 0 Å². The molecule has 3 N–H and O–H groups in total. The van der Waals surface area contributed by atoms with Crippen molar-refractivity contribution in [2.24, 2.45) is 0 Å². The van der Waals surface area contributed by atoms with Crippen molar-refractivity contribution in [3.8, 4) is 0 Å². The molecule has 2 aromatic rings. The highest BCUT2D eigenvalue weighted by atomic mass is 28.4. The zero-order chi connectivity index (χ0) is 33.8. The van der Waals surface area contributed by atoms with Gasteiger partial charge in [0, 0.05) is 0 Å². The standard InChI is InChI=1S/C31H59N5O5Si3/c1-17-18-20(39-42(11,12)29(2,3)4)22-23(40-43(13,14)30(5,6)7)24(41-44(15,16)31(8,9)10)27(38-22)36-19-33-21-25(36)34-28(32)35-26(21)37/h17,19-20,22-24,27H,1,18H2,2-16H3,(H3,32,34,35,37)/t20?,22-,23-,24-,27-/m1/s1. The lowest BCUT2D eigenvalue weighted by Gasteiger charge is -2.45. The summed E-state index contributed by atoms with van der Waals surface area (Å²) in [6, 6.07) is 0. The molecular weight excluding hydrogens is 607 g/mol. The number of imidazole rings is 1. The third-order valence-corrected chi connectivity index (χ3v) is 23.9. The van der Waals surface area contributed by atoms with Gasteiger partial charge in [0.2, 0.25) is 5.95 Å². The molecule has 0 amide bonds. The Balaban J connectivity index is 2.30. The molecule has 1 aliphatic rings. The lowest BCUT2D eigenvalue weighted by Crippen LogP contribution is -2.56. The number of nitrogen functional groups attached to an aromatic ring is 1. The van der Waals surface area contributed by atoms with Crippen LogP contribution in [-0.4, -0.2) is 68.9 Å². The van der Waals surface area contributed by atoms with Crippen LogP contribution in [0.2, 0.25) is 54.4 Å². The van der Waals surface area contributed by atoms with Gasteiger partial charge < -0.3 is 23.7 Å². The number of nitrogens with two attached hydrogens (primary N) is 1. The fraction of sp³-hybridized carbons (Fsp3) is 0.774. The van der Waals surface area contributed by atoms with E-state index in [4.69, 9.17) is 23.7 Å². The van der Waals surface area contributed by atoms with Gasteiger partial charge >= 0.3 is 0 Å². The Labute approximate surface area is 267 Å². The van der Waals surface area contributed by atoms with Gasteiger partial charge in [-0.2, -0.15) is 4.98 Å². The Morgan fingerprint density at radius 2 is 1.45 bits per heavy atom. The van der Waals surface area contributed by atoms with E-state index in [-0.39, 0.29) is 32.7 Å². The number of nitrogens with zero attached hydrogens (tertiary/aromatic N) is 3. The van der Waals surface area contributed by atoms with Crippen molar-refractivity contribution in [3.63, 3.8) is 0 Å². The minimum absolute atomic E-state index is 0.0136. The molecule has 5 atom stereocenters. The van der Waals surface area contributed by atoms with Gasteiger partial charge in [0.15, 0.2) is 42.3 Å². The molecule has 0 aliphatic carbocycles. The molecule has 0 spiro atoms. The first kappa shape index (κ1) is 36.8. The second kappa shape index (κ2) is 12.2. The van der Waals surface area contributed by atoms with Gasteiger partial charge in [0.05, 0.1) is 12.4 Å². The van der Waals surface area contributed by atoms with Crippen LogP contribution in [0.1, 0.15) is 75.0 Å². The zero-order valence-electron chi connectivity index (χ0n) is 29.9. The highest BCUT2D eigenvalue weighted by Gasteiger charge is 2.57. The molecule has 13 heteroatoms. The summed E-state index contributed by atoms with van der Waals surface area (Å²) in [5, 5.41) is -0.150. The normalized spacial score (nSPS) is 23.3. The number of hydrogen-bond acceptors (Lipinski definition) is 8. The SMILES string of the molecule is C=CCC(O[Si](C)(C)C(C)(C)C)[C@H]1O[C@@H](n2cnc3c(=O)[nH]c(N)nc32)[C@H](O[Si](C)(C)C(C)(C)C)[C@@H]1O[Si](C)(C)C(C)(C)C. The van der Waals surface area contributed by atoms with Crippen LogP contribution in [0, 0.1) is 0 Å². The van der Waals surface area contributed by atoms with E-state index in [9.17, 15) is 4.79 Å². The molecule has 0 saturated carbocycles. The van der Waals surface area contributed by atoms with Crippen molar-refractivity contribution < 1.29 is 18.0 Å². The van der Waals surface area contributed by atoms with Gasteiger partial charge in [-0.1, -0.05) is 68.4 Å². The average Bonchev–Trinajstić information content (AvgIpc) is 3.37. The molecule has 1 aliphatic heterocycles. The number of rotatable bonds is 10. The summed E-state index contributed by atoms with van der Waals surface area (Å²) in [5.74, 6) is 0.0144. The van der Waals surface area contributed by atoms with E-state index >= 15 is 0 Å². The second-order valence-corrected chi connectivity index (χ2v) is 31.2. The van der Waals surface area contributed by atoms with Crippen LogP contribution in [-0.2, 0) is 18.0 Å². The lowest BCUT2D eigenvalue weighted by molar-refractivity contribution is -0.0762. The summed E-state index contributed by atoms with van der Waals surface area (Å²) in [6.07, 6.45) is 1.62. The van der Waals surface area contributed by atoms with Crippen LogP contribution in [0.4, 0.5) is 5.95 Å². The van der Waals surface area contributed by atoms with Gasteiger partial charge in [-0.15, -0.1) is 6.58 Å². The number of ether oxygens (including phenoxy) is 1. The van der Waals surface area contributed by atoms with Crippen LogP contribution in [0.15, 0.2) is 23.8 Å². The third-order valence-electron chi connectivity index (χ3n) is 10.4. The van der Waals surface area contributed by atoms with Gasteiger partial charge in [0.25, 0.3) is 5.56 Å². The van der Waals surface area contributed by atoms with E-state index < -0.39 is 55.1 Å². The monoisotopic (exact) mass is 665 g/mol. The average molecular weight is 666 g/mol. The lowest BCUT2D eigenvalue weighted by atomic mass is 10.0. The Bertz CT molecular complexity index is 1380. The topological polar surface area (TPSA) is 127 Å². The van der Waals surface area contributed by atoms with Crippen molar-refractivity contribution in [2.45, 2.75) is 154 Å². The molecule has 0 bridgehead atoms. The van der Waals surface area contributed by atoms with E-state index in [2.05, 4.69) is 123 Å². The van der Waals surface area contributed by atoms with Crippen LogP contribution < -0.4 is 11.3 Å². The maximum absolute atomic E-state index is 12.8. The number of fused-ring (bicyclic) bond motifs is 1. The van der Waals surface area contributed by atoms with Crippen molar-refractivity contribution >= 4 is 42.1 Å². The minimum Gasteiger partial charge on any atom is -0.411 e. The van der Waals surface area contributed by atoms with E-state index in [1.165, 1.54) is 0 Å². The maximum atomic E-state index is 12.8. The largest absolute Gasteiger partial charge is 0.411 e. The summed E-state index contributed by atoms with van der Waals surface area (Å²) in [4.78, 5) is 24.2. The summed E-state index contributed by atoms with van der Waals surface area (Å²) >= 11 is 0. The van der Waals surface area contributed by atoms with Crippen molar-refractivity contribution in [2.75, 3.05) is 5.73 Å². The molecule has 250 valence electrons. The van der Waals surface area contributed by atoms with Crippen molar-refractivity contribution in [1.82, 2.24) is 19.5 Å². The second-order valence-electron chi connectivity index (χ2n) is 16.9. The first-order valence-corrected chi connectivity index (χ1v) is 24.5. The summed E-state index contributed by atoms with van der Waals surface area (Å²) in [6.45, 7) is 37.7. The summed E-state index contributed by atoms with van der Waals surface area (Å²) < 4.78 is 30.6. The molecule has 1 fully saturated rings. The van der Waals surface area contributed by atoms with Gasteiger partial charge in [-0.05, 0) is 60.8 Å². The number of anilines is 1. The Kier molecular flexibility index (Phi) is 10.2. The van der Waals surface area contributed by atoms with E-state index in [0.29, 0.717) is 12.1 Å². The van der Waals surface area contributed by atoms with Crippen molar-refractivity contribution in [1.29, 1.82) is 0 Å². The van der Waals surface area contributed by atoms with E-state index in [0.717, 1.165) is 0 Å². The molecular formula is C31H59N5O5Si3. The highest BCUT2D eigenvalue weighted by molar-refractivity contribution is 6.75. The summed E-state index contributed by atoms with van der Waals surface area (Å²) in [7, 11) is -6.98. The molecule has 2 aromatic heterocycles. The number of nitrogens with one attached hydrogen (secondary N) is 1. The minimum atomic E-state index is -2.38. The Hall–Kier alpha value is -1.62. The van der Waals surface area contributed by atoms with Gasteiger partial charge in [-0.25, -0.2) is 4.98 Å². The van der Waals surface area contributed by atoms with Crippen molar-refractivity contribution in [3.05, 3.63) is 29.3 Å². The molecule has 0 aromatic carbocycles. The molecule has 1 unspecified atom stereocenters. The molecule has 0 radical (unpaired) electrons. The zero-order valence-corrected chi connectivity index (χ0v) is 32.9. The predicted molar refractivity (Wildman–Crippen MR) is 187 cm³/mol. The molecule has 3 heterocycles. The molecule has 44 heavy (non-hydrogen) atoms. The first-order chi connectivity index (χ1) is 19.7. The number of H-pyrrole nitrogens is 1. The predicted octanol–water partition coefficient (Wildman–Crippen LogP) is 7.35. The first-order valence-electron chi connectivity index (χ1n) is 15.8. The number of aromatic nitrogens is 4. The molecule has 3 rings (SSSR count). The maximum Gasteiger partial charge on any atom is 0.280 e. The number of aromatic amines is 1. The van der Waals surface area contributed by atoms with Crippen LogP contribution >= 0.6 is 0 Å². The fourth-order valence-corrected chi connectivity index (χ4v) is 8.51.